The molecular weight excluding hydrogens is 453 g/mol. The lowest BCUT2D eigenvalue weighted by molar-refractivity contribution is -0.151. The van der Waals surface area contributed by atoms with E-state index in [4.69, 9.17) is 14.8 Å². The molecule has 2 amide bonds. The molecular formula is C25H36FN5O4. The fourth-order valence-corrected chi connectivity index (χ4v) is 4.85. The summed E-state index contributed by atoms with van der Waals surface area (Å²) in [5, 5.41) is 8.51. The Morgan fingerprint density at radius 2 is 2.11 bits per heavy atom. The summed E-state index contributed by atoms with van der Waals surface area (Å²) in [5.74, 6) is 0.197. The topological polar surface area (TPSA) is 98.6 Å². The Labute approximate surface area is 205 Å². The number of alkyl carbamates (subject to hydrolysis) is 1. The highest BCUT2D eigenvalue weighted by Crippen LogP contribution is 2.38. The maximum Gasteiger partial charge on any atom is 0.406 e. The van der Waals surface area contributed by atoms with Crippen LogP contribution < -0.4 is 5.32 Å². The zero-order valence-electron chi connectivity index (χ0n) is 20.8. The summed E-state index contributed by atoms with van der Waals surface area (Å²) in [6.07, 6.45) is 3.61. The number of aromatic nitrogens is 3. The highest BCUT2D eigenvalue weighted by Gasteiger charge is 2.41. The van der Waals surface area contributed by atoms with Crippen LogP contribution in [0, 0.1) is 12.8 Å². The van der Waals surface area contributed by atoms with E-state index >= 15 is 0 Å². The Morgan fingerprint density at radius 3 is 2.77 bits per heavy atom. The molecule has 3 atom stereocenters. The van der Waals surface area contributed by atoms with Crippen molar-refractivity contribution < 1.29 is 23.5 Å². The number of alkyl halides is 1. The number of fused-ring (bicyclic) bond motifs is 1. The van der Waals surface area contributed by atoms with E-state index in [9.17, 15) is 14.0 Å². The number of amides is 2. The summed E-state index contributed by atoms with van der Waals surface area (Å²) in [4.78, 5) is 31.6. The number of carbonyl (C=O) groups is 2. The molecule has 0 aromatic carbocycles. The Balaban J connectivity index is 1.52. The molecule has 4 rings (SSSR count). The van der Waals surface area contributed by atoms with Gasteiger partial charge < -0.3 is 19.7 Å². The van der Waals surface area contributed by atoms with Gasteiger partial charge in [-0.2, -0.15) is 5.10 Å². The van der Waals surface area contributed by atoms with Crippen LogP contribution in [0.4, 0.5) is 9.18 Å². The van der Waals surface area contributed by atoms with E-state index in [1.165, 1.54) is 7.11 Å². The molecule has 10 heteroatoms. The van der Waals surface area contributed by atoms with Crippen LogP contribution in [0.5, 0.6) is 0 Å². The van der Waals surface area contributed by atoms with Gasteiger partial charge in [-0.05, 0) is 70.4 Å². The molecule has 0 spiro atoms. The molecule has 9 nitrogen and oxygen atoms in total. The van der Waals surface area contributed by atoms with Crippen molar-refractivity contribution in [2.45, 2.75) is 77.1 Å². The number of hydrogen-bond donors (Lipinski definition) is 1. The molecule has 1 aliphatic carbocycles. The van der Waals surface area contributed by atoms with E-state index in [0.717, 1.165) is 41.7 Å². The molecule has 192 valence electrons. The van der Waals surface area contributed by atoms with E-state index in [2.05, 4.69) is 10.1 Å². The van der Waals surface area contributed by atoms with E-state index < -0.39 is 12.2 Å². The Hall–Kier alpha value is -2.75. The first-order valence-electron chi connectivity index (χ1n) is 12.6. The largest absolute Gasteiger partial charge is 0.453 e. The molecule has 3 heterocycles. The van der Waals surface area contributed by atoms with Gasteiger partial charge in [0.1, 0.15) is 6.10 Å². The molecule has 1 N–H and O–H groups in total. The summed E-state index contributed by atoms with van der Waals surface area (Å²) < 4.78 is 25.1. The third-order valence-electron chi connectivity index (χ3n) is 6.94. The van der Waals surface area contributed by atoms with Crippen LogP contribution in [0.15, 0.2) is 12.1 Å². The van der Waals surface area contributed by atoms with Crippen LogP contribution >= 0.6 is 0 Å². The number of carbonyl (C=O) groups excluding carboxylic acids is 2. The van der Waals surface area contributed by atoms with Gasteiger partial charge in [0.2, 0.25) is 0 Å². The number of halogens is 1. The maximum atomic E-state index is 13.6. The summed E-state index contributed by atoms with van der Waals surface area (Å²) in [6, 6.07) is 3.94. The van der Waals surface area contributed by atoms with Crippen LogP contribution in [0.3, 0.4) is 0 Å². The third-order valence-corrected chi connectivity index (χ3v) is 6.94. The van der Waals surface area contributed by atoms with Crippen LogP contribution in [0.25, 0.3) is 11.0 Å². The summed E-state index contributed by atoms with van der Waals surface area (Å²) in [5.41, 5.74) is 2.48. The Morgan fingerprint density at radius 1 is 1.31 bits per heavy atom. The quantitative estimate of drug-likeness (QED) is 0.511. The van der Waals surface area contributed by atoms with Crippen LogP contribution in [0.2, 0.25) is 0 Å². The number of pyridine rings is 1. The second-order valence-electron chi connectivity index (χ2n) is 9.60. The summed E-state index contributed by atoms with van der Waals surface area (Å²) in [7, 11) is 1.34. The lowest BCUT2D eigenvalue weighted by Gasteiger charge is -2.35. The van der Waals surface area contributed by atoms with Crippen LogP contribution in [0.1, 0.15) is 62.9 Å². The molecule has 1 saturated heterocycles. The molecule has 1 saturated carbocycles. The number of nitrogens with one attached hydrogen (secondary N) is 1. The normalized spacial score (nSPS) is 21.0. The predicted octanol–water partition coefficient (Wildman–Crippen LogP) is 3.69. The summed E-state index contributed by atoms with van der Waals surface area (Å²) >= 11 is 0. The number of hydrogen-bond acceptors (Lipinski definition) is 6. The zero-order chi connectivity index (χ0) is 24.9. The van der Waals surface area contributed by atoms with E-state index in [1.807, 2.05) is 35.6 Å². The average molecular weight is 490 g/mol. The molecule has 2 aromatic rings. The average Bonchev–Trinajstić information content (AvgIpc) is 3.63. The van der Waals surface area contributed by atoms with Gasteiger partial charge in [-0.1, -0.05) is 0 Å². The number of methoxy groups -OCH3 is 1. The highest BCUT2D eigenvalue weighted by molar-refractivity contribution is 5.84. The Bertz CT molecular complexity index is 1030. The highest BCUT2D eigenvalue weighted by atomic mass is 19.1. The van der Waals surface area contributed by atoms with Gasteiger partial charge in [-0.3, -0.25) is 9.18 Å². The van der Waals surface area contributed by atoms with Crippen molar-refractivity contribution >= 4 is 23.0 Å². The van der Waals surface area contributed by atoms with Gasteiger partial charge in [0, 0.05) is 30.2 Å². The van der Waals surface area contributed by atoms with Gasteiger partial charge in [-0.25, -0.2) is 14.5 Å². The molecule has 35 heavy (non-hydrogen) atoms. The van der Waals surface area contributed by atoms with E-state index in [0.29, 0.717) is 39.0 Å². The number of nitrogens with zero attached hydrogens (tertiary/aromatic N) is 4. The van der Waals surface area contributed by atoms with Crippen molar-refractivity contribution in [2.75, 3.05) is 26.9 Å². The van der Waals surface area contributed by atoms with Crippen LogP contribution in [-0.4, -0.2) is 70.7 Å². The first-order chi connectivity index (χ1) is 16.9. The molecule has 2 fully saturated rings. The van der Waals surface area contributed by atoms with Crippen molar-refractivity contribution in [1.82, 2.24) is 25.0 Å². The fraction of sp³-hybridized carbons (Fsp3) is 0.680. The minimum Gasteiger partial charge on any atom is -0.453 e. The zero-order valence-corrected chi connectivity index (χ0v) is 20.8. The molecule has 0 unspecified atom stereocenters. The monoisotopic (exact) mass is 489 g/mol. The number of aryl methyl sites for hydroxylation is 2. The standard InChI is InChI=1S/C25H36FN5O4/c1-16-5-9-20-22(29-30(23(20)28-16)14-4-13-27-25(33)34-3)17(2)31(19-7-8-19)24(32)21-10-6-18(11-12-26)15-35-21/h5,9,17-19,21H,4,6-8,10-15H2,1-3H3,(H,27,33)/t17-,18+,21-/m1/s1. The number of ether oxygens (including phenoxy) is 2. The lowest BCUT2D eigenvalue weighted by atomic mass is 9.95. The fourth-order valence-electron chi connectivity index (χ4n) is 4.85. The molecule has 0 bridgehead atoms. The van der Waals surface area contributed by atoms with Crippen molar-refractivity contribution in [2.24, 2.45) is 5.92 Å². The predicted molar refractivity (Wildman–Crippen MR) is 129 cm³/mol. The molecule has 1 aliphatic heterocycles. The van der Waals surface area contributed by atoms with Crippen molar-refractivity contribution in [1.29, 1.82) is 0 Å². The second-order valence-corrected chi connectivity index (χ2v) is 9.60. The van der Waals surface area contributed by atoms with E-state index in [-0.39, 0.29) is 30.6 Å². The first kappa shape index (κ1) is 25.3. The van der Waals surface area contributed by atoms with Gasteiger partial charge in [0.15, 0.2) is 5.65 Å². The molecule has 0 radical (unpaired) electrons. The minimum atomic E-state index is -0.480. The van der Waals surface area contributed by atoms with Gasteiger partial charge >= 0.3 is 6.09 Å². The molecule has 2 aliphatic rings. The minimum absolute atomic E-state index is 0.00347. The summed E-state index contributed by atoms with van der Waals surface area (Å²) in [6.45, 7) is 5.08. The van der Waals surface area contributed by atoms with Crippen molar-refractivity contribution in [3.8, 4) is 0 Å². The lowest BCUT2D eigenvalue weighted by Crippen LogP contribution is -2.45. The third kappa shape index (κ3) is 5.91. The van der Waals surface area contributed by atoms with Gasteiger partial charge in [0.25, 0.3) is 5.91 Å². The smallest absolute Gasteiger partial charge is 0.406 e. The van der Waals surface area contributed by atoms with Gasteiger partial charge in [0.05, 0.1) is 32.1 Å². The second kappa shape index (κ2) is 11.3. The number of rotatable bonds is 10. The van der Waals surface area contributed by atoms with Gasteiger partial charge in [-0.15, -0.1) is 0 Å². The SMILES string of the molecule is COC(=O)NCCCn1nc([C@@H](C)N(C(=O)[C@H]2CC[C@@H](CCF)CO2)C2CC2)c2ccc(C)nc21. The molecule has 2 aromatic heterocycles. The maximum absolute atomic E-state index is 13.6. The first-order valence-corrected chi connectivity index (χ1v) is 12.6. The van der Waals surface area contributed by atoms with Crippen molar-refractivity contribution in [3.05, 3.63) is 23.5 Å². The van der Waals surface area contributed by atoms with Crippen molar-refractivity contribution in [3.63, 3.8) is 0 Å². The Kier molecular flexibility index (Phi) is 8.20. The van der Waals surface area contributed by atoms with Crippen LogP contribution in [-0.2, 0) is 20.8 Å². The van der Waals surface area contributed by atoms with E-state index in [1.54, 1.807) is 0 Å².